The highest BCUT2D eigenvalue weighted by Crippen LogP contribution is 2.17. The lowest BCUT2D eigenvalue weighted by Crippen LogP contribution is -2.15. The lowest BCUT2D eigenvalue weighted by Gasteiger charge is -2.08. The summed E-state index contributed by atoms with van der Waals surface area (Å²) in [4.78, 5) is 12.1. The maximum Gasteiger partial charge on any atom is 0.257 e. The second-order valence-electron chi connectivity index (χ2n) is 4.00. The van der Waals surface area contributed by atoms with E-state index in [-0.39, 0.29) is 11.7 Å². The molecular weight excluding hydrogens is 278 g/mol. The number of rotatable bonds is 3. The molecule has 0 saturated carbocycles. The third kappa shape index (κ3) is 3.07. The number of carbonyl (C=O) groups excluding carboxylic acids is 1. The minimum atomic E-state index is -0.327. The van der Waals surface area contributed by atoms with E-state index in [1.54, 1.807) is 48.5 Å². The van der Waals surface area contributed by atoms with E-state index in [1.165, 1.54) is 0 Å². The molecule has 5 nitrogen and oxygen atoms in total. The van der Waals surface area contributed by atoms with Gasteiger partial charge in [0.25, 0.3) is 5.91 Å². The van der Waals surface area contributed by atoms with Gasteiger partial charge in [0.15, 0.2) is 5.84 Å². The fourth-order valence-corrected chi connectivity index (χ4v) is 1.88. The van der Waals surface area contributed by atoms with E-state index in [4.69, 9.17) is 22.5 Å². The van der Waals surface area contributed by atoms with Gasteiger partial charge >= 0.3 is 0 Å². The SMILES string of the molecule is NC(=NO)c1cccc(NC(=O)c2ccccc2Cl)c1. The fraction of sp³-hybridized carbons (Fsp3) is 0. The Kier molecular flexibility index (Phi) is 4.22. The van der Waals surface area contributed by atoms with Gasteiger partial charge in [0, 0.05) is 11.3 Å². The van der Waals surface area contributed by atoms with E-state index < -0.39 is 0 Å². The summed E-state index contributed by atoms with van der Waals surface area (Å²) in [6.45, 7) is 0. The summed E-state index contributed by atoms with van der Waals surface area (Å²) in [5.41, 5.74) is 6.90. The predicted molar refractivity (Wildman–Crippen MR) is 78.4 cm³/mol. The average molecular weight is 290 g/mol. The topological polar surface area (TPSA) is 87.7 Å². The van der Waals surface area contributed by atoms with E-state index in [0.29, 0.717) is 21.8 Å². The zero-order valence-corrected chi connectivity index (χ0v) is 11.1. The van der Waals surface area contributed by atoms with Crippen LogP contribution >= 0.6 is 11.6 Å². The molecule has 0 unspecified atom stereocenters. The molecule has 2 aromatic rings. The molecule has 2 rings (SSSR count). The number of nitrogens with zero attached hydrogens (tertiary/aromatic N) is 1. The molecule has 20 heavy (non-hydrogen) atoms. The Bertz CT molecular complexity index is 671. The standard InChI is InChI=1S/C14H12ClN3O2/c15-12-7-2-1-6-11(12)14(19)17-10-5-3-4-9(8-10)13(16)18-20/h1-8,20H,(H2,16,18)(H,17,19). The molecule has 0 fully saturated rings. The van der Waals surface area contributed by atoms with E-state index in [2.05, 4.69) is 10.5 Å². The number of oxime groups is 1. The van der Waals surface area contributed by atoms with Crippen molar-refractivity contribution in [3.05, 3.63) is 64.7 Å². The quantitative estimate of drug-likeness (QED) is 0.351. The third-order valence-corrected chi connectivity index (χ3v) is 2.97. The molecule has 0 saturated heterocycles. The molecule has 0 aliphatic heterocycles. The van der Waals surface area contributed by atoms with Crippen LogP contribution in [0.4, 0.5) is 5.69 Å². The van der Waals surface area contributed by atoms with Gasteiger partial charge in [-0.1, -0.05) is 41.0 Å². The normalized spacial score (nSPS) is 11.2. The number of hydrogen-bond acceptors (Lipinski definition) is 3. The number of amides is 1. The first-order valence-corrected chi connectivity index (χ1v) is 6.13. The van der Waals surface area contributed by atoms with E-state index in [1.807, 2.05) is 0 Å². The van der Waals surface area contributed by atoms with E-state index >= 15 is 0 Å². The third-order valence-electron chi connectivity index (χ3n) is 2.64. The van der Waals surface area contributed by atoms with Crippen molar-refractivity contribution in [1.29, 1.82) is 0 Å². The number of carbonyl (C=O) groups is 1. The molecule has 4 N–H and O–H groups in total. The lowest BCUT2D eigenvalue weighted by atomic mass is 10.1. The van der Waals surface area contributed by atoms with Crippen molar-refractivity contribution < 1.29 is 10.0 Å². The fourth-order valence-electron chi connectivity index (χ4n) is 1.66. The van der Waals surface area contributed by atoms with E-state index in [9.17, 15) is 4.79 Å². The van der Waals surface area contributed by atoms with Crippen molar-refractivity contribution in [2.45, 2.75) is 0 Å². The average Bonchev–Trinajstić information content (AvgIpc) is 2.47. The van der Waals surface area contributed by atoms with Gasteiger partial charge in [-0.05, 0) is 24.3 Å². The second-order valence-corrected chi connectivity index (χ2v) is 4.41. The van der Waals surface area contributed by atoms with Crippen LogP contribution in [0.1, 0.15) is 15.9 Å². The monoisotopic (exact) mass is 289 g/mol. The Labute approximate surface area is 120 Å². The van der Waals surface area contributed by atoms with Crippen molar-refractivity contribution >= 4 is 29.0 Å². The summed E-state index contributed by atoms with van der Waals surface area (Å²) in [7, 11) is 0. The number of nitrogens with one attached hydrogen (secondary N) is 1. The Morgan fingerprint density at radius 2 is 1.95 bits per heavy atom. The van der Waals surface area contributed by atoms with Crippen LogP contribution in [0.25, 0.3) is 0 Å². The van der Waals surface area contributed by atoms with Gasteiger partial charge in [-0.2, -0.15) is 0 Å². The van der Waals surface area contributed by atoms with Gasteiger partial charge < -0.3 is 16.3 Å². The minimum absolute atomic E-state index is 0.0288. The van der Waals surface area contributed by atoms with Crippen LogP contribution in [0.15, 0.2) is 53.7 Å². The molecule has 1 amide bonds. The number of benzene rings is 2. The van der Waals surface area contributed by atoms with Gasteiger partial charge in [-0.15, -0.1) is 0 Å². The Hall–Kier alpha value is -2.53. The van der Waals surface area contributed by atoms with Crippen LogP contribution in [-0.2, 0) is 0 Å². The zero-order valence-electron chi connectivity index (χ0n) is 10.4. The largest absolute Gasteiger partial charge is 0.409 e. The first-order valence-electron chi connectivity index (χ1n) is 5.75. The molecule has 0 aliphatic carbocycles. The summed E-state index contributed by atoms with van der Waals surface area (Å²) >= 11 is 5.96. The van der Waals surface area contributed by atoms with Crippen molar-refractivity contribution in [2.75, 3.05) is 5.32 Å². The molecule has 0 aliphatic rings. The lowest BCUT2D eigenvalue weighted by molar-refractivity contribution is 0.102. The van der Waals surface area contributed by atoms with Crippen molar-refractivity contribution in [3.8, 4) is 0 Å². The molecule has 102 valence electrons. The highest BCUT2D eigenvalue weighted by molar-refractivity contribution is 6.34. The molecule has 0 radical (unpaired) electrons. The first-order chi connectivity index (χ1) is 9.61. The Morgan fingerprint density at radius 3 is 2.65 bits per heavy atom. The maximum absolute atomic E-state index is 12.1. The smallest absolute Gasteiger partial charge is 0.257 e. The predicted octanol–water partition coefficient (Wildman–Crippen LogP) is 2.69. The number of nitrogens with two attached hydrogens (primary N) is 1. The number of hydrogen-bond donors (Lipinski definition) is 3. The second kappa shape index (κ2) is 6.08. The molecule has 0 spiro atoms. The highest BCUT2D eigenvalue weighted by Gasteiger charge is 2.10. The summed E-state index contributed by atoms with van der Waals surface area (Å²) in [6, 6.07) is 13.4. The maximum atomic E-state index is 12.1. The molecular formula is C14H12ClN3O2. The van der Waals surface area contributed by atoms with Crippen LogP contribution < -0.4 is 11.1 Å². The molecule has 2 aromatic carbocycles. The van der Waals surface area contributed by atoms with Crippen LogP contribution in [-0.4, -0.2) is 17.0 Å². The number of amidine groups is 1. The zero-order chi connectivity index (χ0) is 14.5. The van der Waals surface area contributed by atoms with Gasteiger partial charge in [0.2, 0.25) is 0 Å². The van der Waals surface area contributed by atoms with Crippen LogP contribution in [0.5, 0.6) is 0 Å². The van der Waals surface area contributed by atoms with Gasteiger partial charge in [0.1, 0.15) is 0 Å². The Morgan fingerprint density at radius 1 is 1.20 bits per heavy atom. The van der Waals surface area contributed by atoms with Crippen LogP contribution in [0, 0.1) is 0 Å². The summed E-state index contributed by atoms with van der Waals surface area (Å²) in [5.74, 6) is -0.355. The Balaban J connectivity index is 2.23. The highest BCUT2D eigenvalue weighted by atomic mass is 35.5. The summed E-state index contributed by atoms with van der Waals surface area (Å²) < 4.78 is 0. The molecule has 0 bridgehead atoms. The van der Waals surface area contributed by atoms with Gasteiger partial charge in [-0.25, -0.2) is 0 Å². The van der Waals surface area contributed by atoms with E-state index in [0.717, 1.165) is 0 Å². The van der Waals surface area contributed by atoms with Crippen molar-refractivity contribution in [3.63, 3.8) is 0 Å². The van der Waals surface area contributed by atoms with Crippen LogP contribution in [0.2, 0.25) is 5.02 Å². The molecule has 0 heterocycles. The minimum Gasteiger partial charge on any atom is -0.409 e. The number of halogens is 1. The number of anilines is 1. The summed E-state index contributed by atoms with van der Waals surface area (Å²) in [5, 5.41) is 14.6. The molecule has 6 heteroatoms. The molecule has 0 atom stereocenters. The summed E-state index contributed by atoms with van der Waals surface area (Å²) in [6.07, 6.45) is 0. The van der Waals surface area contributed by atoms with Crippen molar-refractivity contribution in [2.24, 2.45) is 10.9 Å². The van der Waals surface area contributed by atoms with Crippen LogP contribution in [0.3, 0.4) is 0 Å². The molecule has 0 aromatic heterocycles. The van der Waals surface area contributed by atoms with Gasteiger partial charge in [0.05, 0.1) is 10.6 Å². The van der Waals surface area contributed by atoms with Crippen molar-refractivity contribution in [1.82, 2.24) is 0 Å². The van der Waals surface area contributed by atoms with Gasteiger partial charge in [-0.3, -0.25) is 4.79 Å². The first kappa shape index (κ1) is 13.9.